The van der Waals surface area contributed by atoms with Crippen molar-refractivity contribution in [2.75, 3.05) is 0 Å². The van der Waals surface area contributed by atoms with Crippen molar-refractivity contribution in [3.05, 3.63) is 87.6 Å². The number of amides is 1. The van der Waals surface area contributed by atoms with Crippen LogP contribution in [-0.2, 0) is 22.9 Å². The number of alkyl halides is 3. The molecule has 0 aliphatic carbocycles. The monoisotopic (exact) mass is 408 g/mol. The Morgan fingerprint density at radius 2 is 1.79 bits per heavy atom. The zero-order valence-corrected chi connectivity index (χ0v) is 15.6. The molecule has 28 heavy (non-hydrogen) atoms. The molecule has 8 heteroatoms. The first kappa shape index (κ1) is 20.0. The highest BCUT2D eigenvalue weighted by molar-refractivity contribution is 7.09. The van der Waals surface area contributed by atoms with Gasteiger partial charge < -0.3 is 5.32 Å². The van der Waals surface area contributed by atoms with Gasteiger partial charge in [0.1, 0.15) is 16.4 Å². The van der Waals surface area contributed by atoms with E-state index in [-0.39, 0.29) is 12.0 Å². The second-order valence-electron chi connectivity index (χ2n) is 6.31. The molecule has 1 atom stereocenters. The normalized spacial score (nSPS) is 13.8. The predicted molar refractivity (Wildman–Crippen MR) is 98.3 cm³/mol. The summed E-state index contributed by atoms with van der Waals surface area (Å²) < 4.78 is 54.1. The van der Waals surface area contributed by atoms with Gasteiger partial charge in [0.15, 0.2) is 0 Å². The fraction of sp³-hybridized carbons (Fsp3) is 0.200. The number of halogens is 4. The van der Waals surface area contributed by atoms with Gasteiger partial charge in [-0.2, -0.15) is 13.2 Å². The molecule has 0 saturated carbocycles. The molecule has 1 aromatic heterocycles. The molecule has 1 unspecified atom stereocenters. The molecule has 0 spiro atoms. The minimum Gasteiger partial charge on any atom is -0.340 e. The lowest BCUT2D eigenvalue weighted by molar-refractivity contribution is -0.137. The number of carbonyl (C=O) groups excluding carboxylic acids is 1. The van der Waals surface area contributed by atoms with E-state index in [1.165, 1.54) is 24.5 Å². The van der Waals surface area contributed by atoms with Crippen molar-refractivity contribution in [2.45, 2.75) is 25.1 Å². The van der Waals surface area contributed by atoms with Crippen molar-refractivity contribution < 1.29 is 22.4 Å². The third kappa shape index (κ3) is 4.22. The Hall–Kier alpha value is -2.74. The first-order valence-electron chi connectivity index (χ1n) is 8.31. The van der Waals surface area contributed by atoms with Gasteiger partial charge in [-0.05, 0) is 29.3 Å². The summed E-state index contributed by atoms with van der Waals surface area (Å²) in [4.78, 5) is 16.3. The van der Waals surface area contributed by atoms with E-state index in [0.717, 1.165) is 17.7 Å². The van der Waals surface area contributed by atoms with Crippen molar-refractivity contribution in [1.82, 2.24) is 10.3 Å². The number of hydrogen-bond acceptors (Lipinski definition) is 3. The van der Waals surface area contributed by atoms with Crippen LogP contribution in [0.15, 0.2) is 60.1 Å². The Kier molecular flexibility index (Phi) is 5.51. The van der Waals surface area contributed by atoms with Crippen LogP contribution in [0.5, 0.6) is 0 Å². The molecule has 1 N–H and O–H groups in total. The molecule has 1 amide bonds. The van der Waals surface area contributed by atoms with Gasteiger partial charge in [-0.25, -0.2) is 9.37 Å². The van der Waals surface area contributed by atoms with Crippen molar-refractivity contribution in [3.63, 3.8) is 0 Å². The van der Waals surface area contributed by atoms with Crippen LogP contribution in [0.4, 0.5) is 17.6 Å². The van der Waals surface area contributed by atoms with Crippen LogP contribution >= 0.6 is 11.3 Å². The molecule has 0 radical (unpaired) electrons. The average molecular weight is 408 g/mol. The van der Waals surface area contributed by atoms with E-state index >= 15 is 0 Å². The molecular weight excluding hydrogens is 392 g/mol. The van der Waals surface area contributed by atoms with E-state index in [2.05, 4.69) is 10.3 Å². The molecule has 0 aliphatic rings. The molecule has 0 aliphatic heterocycles. The standard InChI is InChI=1S/C20H16F4N2OS/c1-13(27)26-19(18-25-7-8-28-18,12-14-5-3-2-4-6-14)15-9-16(20(22,23)24)11-17(21)10-15/h2-11H,12H2,1H3,(H,26,27). The molecule has 0 saturated heterocycles. The second-order valence-corrected chi connectivity index (χ2v) is 7.21. The van der Waals surface area contributed by atoms with Crippen LogP contribution in [0.25, 0.3) is 0 Å². The first-order chi connectivity index (χ1) is 13.2. The van der Waals surface area contributed by atoms with Crippen LogP contribution < -0.4 is 5.32 Å². The van der Waals surface area contributed by atoms with Crippen LogP contribution in [0.1, 0.15) is 28.6 Å². The fourth-order valence-electron chi connectivity index (χ4n) is 3.11. The maximum Gasteiger partial charge on any atom is 0.416 e. The Balaban J connectivity index is 2.26. The summed E-state index contributed by atoms with van der Waals surface area (Å²) in [6.07, 6.45) is -3.12. The fourth-order valence-corrected chi connectivity index (χ4v) is 3.92. The van der Waals surface area contributed by atoms with Gasteiger partial charge in [0.05, 0.1) is 5.56 Å². The molecule has 3 nitrogen and oxygen atoms in total. The third-order valence-corrected chi connectivity index (χ3v) is 5.15. The van der Waals surface area contributed by atoms with E-state index < -0.39 is 29.0 Å². The first-order valence-corrected chi connectivity index (χ1v) is 9.19. The highest BCUT2D eigenvalue weighted by atomic mass is 32.1. The largest absolute Gasteiger partial charge is 0.416 e. The van der Waals surface area contributed by atoms with E-state index in [9.17, 15) is 22.4 Å². The van der Waals surface area contributed by atoms with Crippen LogP contribution in [0.2, 0.25) is 0 Å². The van der Waals surface area contributed by atoms with E-state index in [1.54, 1.807) is 35.7 Å². The average Bonchev–Trinajstić information content (AvgIpc) is 3.15. The van der Waals surface area contributed by atoms with Crippen molar-refractivity contribution in [3.8, 4) is 0 Å². The molecule has 2 aromatic carbocycles. The number of nitrogens with one attached hydrogen (secondary N) is 1. The minimum absolute atomic E-state index is 0.0196. The molecular formula is C20H16F4N2OS. The van der Waals surface area contributed by atoms with Crippen molar-refractivity contribution in [1.29, 1.82) is 0 Å². The molecule has 3 rings (SSSR count). The van der Waals surface area contributed by atoms with Crippen LogP contribution in [-0.4, -0.2) is 10.9 Å². The number of thiazole rings is 1. The summed E-state index contributed by atoms with van der Waals surface area (Å²) in [5.41, 5.74) is -1.83. The summed E-state index contributed by atoms with van der Waals surface area (Å²) in [7, 11) is 0. The lowest BCUT2D eigenvalue weighted by atomic mass is 9.83. The summed E-state index contributed by atoms with van der Waals surface area (Å²) in [6.45, 7) is 1.26. The van der Waals surface area contributed by atoms with E-state index in [1.807, 2.05) is 0 Å². The Morgan fingerprint density at radius 3 is 2.36 bits per heavy atom. The van der Waals surface area contributed by atoms with E-state index in [0.29, 0.717) is 11.1 Å². The highest BCUT2D eigenvalue weighted by Crippen LogP contribution is 2.38. The third-order valence-electron chi connectivity index (χ3n) is 4.22. The van der Waals surface area contributed by atoms with Gasteiger partial charge in [-0.15, -0.1) is 11.3 Å². The number of carbonyl (C=O) groups is 1. The van der Waals surface area contributed by atoms with Gasteiger partial charge in [-0.1, -0.05) is 30.3 Å². The zero-order valence-electron chi connectivity index (χ0n) is 14.8. The van der Waals surface area contributed by atoms with Crippen LogP contribution in [0.3, 0.4) is 0 Å². The summed E-state index contributed by atoms with van der Waals surface area (Å²) >= 11 is 1.18. The van der Waals surface area contributed by atoms with Gasteiger partial charge >= 0.3 is 6.18 Å². The maximum absolute atomic E-state index is 14.2. The molecule has 0 fully saturated rings. The maximum atomic E-state index is 14.2. The lowest BCUT2D eigenvalue weighted by Gasteiger charge is -2.34. The van der Waals surface area contributed by atoms with Gasteiger partial charge in [0.2, 0.25) is 5.91 Å². The highest BCUT2D eigenvalue weighted by Gasteiger charge is 2.41. The quantitative estimate of drug-likeness (QED) is 0.609. The second kappa shape index (κ2) is 7.71. The summed E-state index contributed by atoms with van der Waals surface area (Å²) in [6, 6.07) is 11.2. The number of aromatic nitrogens is 1. The number of nitrogens with zero attached hydrogens (tertiary/aromatic N) is 1. The lowest BCUT2D eigenvalue weighted by Crippen LogP contribution is -2.48. The van der Waals surface area contributed by atoms with Crippen molar-refractivity contribution >= 4 is 17.2 Å². The number of benzene rings is 2. The Labute approximate surface area is 163 Å². The predicted octanol–water partition coefficient (Wildman–Crippen LogP) is 4.92. The number of hydrogen-bond donors (Lipinski definition) is 1. The summed E-state index contributed by atoms with van der Waals surface area (Å²) in [5.74, 6) is -1.51. The van der Waals surface area contributed by atoms with Crippen molar-refractivity contribution in [2.24, 2.45) is 0 Å². The van der Waals surface area contributed by atoms with Crippen LogP contribution in [0, 0.1) is 5.82 Å². The van der Waals surface area contributed by atoms with Gasteiger partial charge in [-0.3, -0.25) is 4.79 Å². The van der Waals surface area contributed by atoms with Gasteiger partial charge in [0, 0.05) is 24.9 Å². The molecule has 0 bridgehead atoms. The topological polar surface area (TPSA) is 42.0 Å². The summed E-state index contributed by atoms with van der Waals surface area (Å²) in [5, 5.41) is 4.76. The smallest absolute Gasteiger partial charge is 0.340 e. The molecule has 1 heterocycles. The van der Waals surface area contributed by atoms with Gasteiger partial charge in [0.25, 0.3) is 0 Å². The minimum atomic E-state index is -4.73. The Morgan fingerprint density at radius 1 is 1.11 bits per heavy atom. The van der Waals surface area contributed by atoms with E-state index in [4.69, 9.17) is 0 Å². The number of rotatable bonds is 5. The zero-order chi connectivity index (χ0) is 20.4. The molecule has 3 aromatic rings. The SMILES string of the molecule is CC(=O)NC(Cc1ccccc1)(c1cc(F)cc(C(F)(F)F)c1)c1nccs1. The molecule has 146 valence electrons. The Bertz CT molecular complexity index is 958.